The average Bonchev–Trinajstić information content (AvgIpc) is 3.18. The predicted molar refractivity (Wildman–Crippen MR) is 131 cm³/mol. The highest BCUT2D eigenvalue weighted by atomic mass is 32.3. The summed E-state index contributed by atoms with van der Waals surface area (Å²) in [5.41, 5.74) is 4.39. The quantitative estimate of drug-likeness (QED) is 0.350. The van der Waals surface area contributed by atoms with E-state index in [-0.39, 0.29) is 11.5 Å². The second-order valence-electron chi connectivity index (χ2n) is 9.04. The van der Waals surface area contributed by atoms with Crippen LogP contribution in [0.1, 0.15) is 36.4 Å². The Balaban J connectivity index is 1.72. The minimum atomic E-state index is -4.91. The van der Waals surface area contributed by atoms with Crippen molar-refractivity contribution in [2.45, 2.75) is 37.1 Å². The molecule has 1 saturated carbocycles. The molecule has 0 saturated heterocycles. The molecule has 0 amide bonds. The van der Waals surface area contributed by atoms with Gasteiger partial charge < -0.3 is 9.55 Å². The van der Waals surface area contributed by atoms with Gasteiger partial charge in [0.2, 0.25) is 0 Å². The van der Waals surface area contributed by atoms with Gasteiger partial charge in [-0.2, -0.15) is 13.7 Å². The molecule has 9 heteroatoms. The number of hydrogen-bond acceptors (Lipinski definition) is 5. The Labute approximate surface area is 199 Å². The van der Waals surface area contributed by atoms with Crippen molar-refractivity contribution in [2.24, 2.45) is 0 Å². The number of hydrogen-bond donors (Lipinski definition) is 1. The van der Waals surface area contributed by atoms with Crippen molar-refractivity contribution in [1.82, 2.24) is 14.5 Å². The molecule has 6 rings (SSSR count). The molecule has 0 bridgehead atoms. The van der Waals surface area contributed by atoms with Crippen LogP contribution in [0.3, 0.4) is 0 Å². The van der Waals surface area contributed by atoms with E-state index in [1.165, 1.54) is 12.3 Å². The fraction of sp³-hybridized carbons (Fsp3) is 0.192. The molecule has 1 aliphatic carbocycles. The van der Waals surface area contributed by atoms with Crippen molar-refractivity contribution in [3.63, 3.8) is 0 Å². The molecular weight excluding hydrogens is 467 g/mol. The maximum atomic E-state index is 13.7. The average molecular weight is 487 g/mol. The number of pyridine rings is 2. The summed E-state index contributed by atoms with van der Waals surface area (Å²) in [4.78, 5) is 20.5. The molecule has 0 radical (unpaired) electrons. The first-order valence-electron chi connectivity index (χ1n) is 11.2. The third kappa shape index (κ3) is 3.25. The number of nitrogens with one attached hydrogen (secondary N) is 1. The second-order valence-corrected chi connectivity index (χ2v) is 10.4. The van der Waals surface area contributed by atoms with Crippen molar-refractivity contribution in [3.05, 3.63) is 70.1 Å². The lowest BCUT2D eigenvalue weighted by molar-refractivity contribution is 0.327. The van der Waals surface area contributed by atoms with Gasteiger partial charge in [-0.3, -0.25) is 9.78 Å². The van der Waals surface area contributed by atoms with Crippen LogP contribution < -0.4 is 5.43 Å². The van der Waals surface area contributed by atoms with Gasteiger partial charge in [0.05, 0.1) is 22.5 Å². The Hall–Kier alpha value is -4.03. The largest absolute Gasteiger partial charge is 0.340 e. The van der Waals surface area contributed by atoms with E-state index >= 15 is 0 Å². The molecule has 1 N–H and O–H groups in total. The van der Waals surface area contributed by atoms with Gasteiger partial charge in [-0.05, 0) is 67.6 Å². The Bertz CT molecular complexity index is 1910. The summed E-state index contributed by atoms with van der Waals surface area (Å²) in [7, 11) is -4.91. The lowest BCUT2D eigenvalue weighted by Crippen LogP contribution is -2.21. The number of H-pyrrole nitrogens is 1. The monoisotopic (exact) mass is 486 g/mol. The Morgan fingerprint density at radius 2 is 1.94 bits per heavy atom. The lowest BCUT2D eigenvalue weighted by atomic mass is 9.91. The topological polar surface area (TPSA) is 109 Å². The molecule has 0 aliphatic heterocycles. The van der Waals surface area contributed by atoms with Crippen LogP contribution in [0, 0.1) is 18.3 Å². The zero-order valence-corrected chi connectivity index (χ0v) is 19.5. The summed E-state index contributed by atoms with van der Waals surface area (Å²) < 4.78 is 38.7. The van der Waals surface area contributed by atoms with Crippen molar-refractivity contribution in [2.75, 3.05) is 0 Å². The van der Waals surface area contributed by atoms with Gasteiger partial charge in [-0.15, -0.1) is 3.89 Å². The molecular formula is C26H19FN4O3S. The number of aromatic amines is 1. The van der Waals surface area contributed by atoms with E-state index in [1.54, 1.807) is 24.3 Å². The van der Waals surface area contributed by atoms with Crippen molar-refractivity contribution in [3.8, 4) is 17.2 Å². The van der Waals surface area contributed by atoms with E-state index in [9.17, 15) is 22.4 Å². The highest BCUT2D eigenvalue weighted by Crippen LogP contribution is 2.39. The molecule has 2 aromatic carbocycles. The number of rotatable bonds is 3. The molecule has 1 fully saturated rings. The van der Waals surface area contributed by atoms with Crippen LogP contribution in [0.5, 0.6) is 0 Å². The van der Waals surface area contributed by atoms with E-state index in [1.807, 2.05) is 13.0 Å². The number of aryl methyl sites for hydroxylation is 1. The third-order valence-electron chi connectivity index (χ3n) is 6.97. The Morgan fingerprint density at radius 1 is 1.14 bits per heavy atom. The number of halogens is 1. The molecule has 1 aliphatic rings. The molecule has 7 nitrogen and oxygen atoms in total. The molecule has 3 heterocycles. The van der Waals surface area contributed by atoms with Gasteiger partial charge in [0, 0.05) is 40.3 Å². The minimum Gasteiger partial charge on any atom is -0.340 e. The molecule has 5 aromatic rings. The second kappa shape index (κ2) is 7.48. The van der Waals surface area contributed by atoms with Crippen molar-refractivity contribution < 1.29 is 12.3 Å². The zero-order chi connectivity index (χ0) is 24.5. The summed E-state index contributed by atoms with van der Waals surface area (Å²) in [6.45, 7) is 1.83. The van der Waals surface area contributed by atoms with E-state index in [0.29, 0.717) is 38.6 Å². The van der Waals surface area contributed by atoms with Gasteiger partial charge in [-0.25, -0.2) is 0 Å². The summed E-state index contributed by atoms with van der Waals surface area (Å²) in [6, 6.07) is 12.5. The number of benzene rings is 2. The lowest BCUT2D eigenvalue weighted by Gasteiger charge is -2.31. The van der Waals surface area contributed by atoms with Gasteiger partial charge in [0.25, 0.3) is 0 Å². The van der Waals surface area contributed by atoms with Crippen LogP contribution in [0.4, 0.5) is 3.89 Å². The molecule has 0 atom stereocenters. The fourth-order valence-electron chi connectivity index (χ4n) is 5.03. The number of aromatic nitrogens is 3. The smallest absolute Gasteiger partial charge is 0.333 e. The van der Waals surface area contributed by atoms with E-state index in [2.05, 4.69) is 20.6 Å². The van der Waals surface area contributed by atoms with Crippen molar-refractivity contribution in [1.29, 1.82) is 5.26 Å². The van der Waals surface area contributed by atoms with Gasteiger partial charge in [-0.1, -0.05) is 6.07 Å². The van der Waals surface area contributed by atoms with Crippen LogP contribution >= 0.6 is 0 Å². The van der Waals surface area contributed by atoms with E-state index in [0.717, 1.165) is 41.9 Å². The third-order valence-corrected chi connectivity index (χ3v) is 7.75. The predicted octanol–water partition coefficient (Wildman–Crippen LogP) is 5.26. The van der Waals surface area contributed by atoms with Crippen LogP contribution in [0.2, 0.25) is 0 Å². The minimum absolute atomic E-state index is 0.116. The first-order valence-corrected chi connectivity index (χ1v) is 12.6. The molecule has 174 valence electrons. The Morgan fingerprint density at radius 3 is 2.63 bits per heavy atom. The highest BCUT2D eigenvalue weighted by Gasteiger charge is 2.26. The maximum absolute atomic E-state index is 13.7. The first-order chi connectivity index (χ1) is 16.8. The van der Waals surface area contributed by atoms with Gasteiger partial charge >= 0.3 is 10.2 Å². The van der Waals surface area contributed by atoms with Crippen LogP contribution in [0.15, 0.2) is 58.5 Å². The Kier molecular flexibility index (Phi) is 4.60. The van der Waals surface area contributed by atoms with Crippen LogP contribution in [-0.2, 0) is 10.2 Å². The normalized spacial score (nSPS) is 14.4. The molecule has 3 aromatic heterocycles. The first kappa shape index (κ1) is 21.5. The summed E-state index contributed by atoms with van der Waals surface area (Å²) >= 11 is 0. The van der Waals surface area contributed by atoms with Crippen molar-refractivity contribution >= 4 is 43.1 Å². The van der Waals surface area contributed by atoms with E-state index in [4.69, 9.17) is 0 Å². The summed E-state index contributed by atoms with van der Waals surface area (Å²) in [5.74, 6) is 0. The molecule has 0 spiro atoms. The zero-order valence-electron chi connectivity index (χ0n) is 18.7. The van der Waals surface area contributed by atoms with Gasteiger partial charge in [0.1, 0.15) is 10.5 Å². The summed E-state index contributed by atoms with van der Waals surface area (Å²) in [5, 5.41) is 11.2. The SMILES string of the molecule is Cc1cc2c(=O)c3c4ccc(C#N)cc4[nH]c3n(C3CCC3)c2cc1-c1cncc(S(=O)(=O)F)c1. The standard InChI is InChI=1S/C26H19FN4O3S/c1-14-7-21-23(10-20(14)16-9-18(13-29-12-16)35(27,33)34)31(17-3-2-4-17)26-24(25(21)32)19-6-5-15(11-28)8-22(19)30-26/h5-10,12-13,17,30H,2-4H2,1H3. The maximum Gasteiger partial charge on any atom is 0.333 e. The number of nitrogens with zero attached hydrogens (tertiary/aromatic N) is 3. The van der Waals surface area contributed by atoms with Crippen LogP contribution in [-0.4, -0.2) is 23.0 Å². The molecule has 0 unspecified atom stereocenters. The molecule has 35 heavy (non-hydrogen) atoms. The van der Waals surface area contributed by atoms with Gasteiger partial charge in [0.15, 0.2) is 5.43 Å². The number of fused-ring (bicyclic) bond motifs is 4. The summed E-state index contributed by atoms with van der Waals surface area (Å²) in [6.07, 6.45) is 5.47. The van der Waals surface area contributed by atoms with E-state index < -0.39 is 15.1 Å². The fourth-order valence-corrected chi connectivity index (χ4v) is 5.49. The number of nitriles is 1. The highest BCUT2D eigenvalue weighted by molar-refractivity contribution is 7.86. The van der Waals surface area contributed by atoms with Crippen LogP contribution in [0.25, 0.3) is 44.0 Å².